The lowest BCUT2D eigenvalue weighted by Crippen LogP contribution is -2.58. The molecule has 0 N–H and O–H groups in total. The third-order valence-electron chi connectivity index (χ3n) is 6.04. The summed E-state index contributed by atoms with van der Waals surface area (Å²) in [6, 6.07) is 5.03. The summed E-state index contributed by atoms with van der Waals surface area (Å²) in [7, 11) is 3.11. The first-order valence-corrected chi connectivity index (χ1v) is 11.4. The number of amides is 4. The number of imide groups is 1. The average Bonchev–Trinajstić information content (AvgIpc) is 2.85. The lowest BCUT2D eigenvalue weighted by atomic mass is 10.1. The van der Waals surface area contributed by atoms with Crippen molar-refractivity contribution in [2.24, 2.45) is 0 Å². The van der Waals surface area contributed by atoms with Crippen LogP contribution in [-0.4, -0.2) is 111 Å². The van der Waals surface area contributed by atoms with Gasteiger partial charge in [0.1, 0.15) is 0 Å². The van der Waals surface area contributed by atoms with E-state index in [-0.39, 0.29) is 13.1 Å². The van der Waals surface area contributed by atoms with Gasteiger partial charge in [-0.3, -0.25) is 19.4 Å². The molecule has 4 amide bonds. The van der Waals surface area contributed by atoms with Crippen LogP contribution < -0.4 is 9.47 Å². The number of ether oxygens (including phenoxy) is 3. The van der Waals surface area contributed by atoms with E-state index < -0.39 is 17.8 Å². The molecule has 2 heterocycles. The van der Waals surface area contributed by atoms with Gasteiger partial charge in [0.05, 0.1) is 34.0 Å². The first kappa shape index (κ1) is 24.8. The van der Waals surface area contributed by atoms with Crippen LogP contribution in [0.25, 0.3) is 0 Å². The van der Waals surface area contributed by atoms with Crippen molar-refractivity contribution in [3.63, 3.8) is 0 Å². The molecule has 10 nitrogen and oxygen atoms in total. The fraction of sp³-hybridized carbons (Fsp3) is 0.609. The summed E-state index contributed by atoms with van der Waals surface area (Å²) >= 11 is 0. The number of hydrogen-bond donors (Lipinski definition) is 0. The molecule has 2 aliphatic heterocycles. The molecular weight excluding hydrogens is 428 g/mol. The van der Waals surface area contributed by atoms with Gasteiger partial charge in [-0.15, -0.1) is 0 Å². The van der Waals surface area contributed by atoms with Gasteiger partial charge >= 0.3 is 17.8 Å². The monoisotopic (exact) mass is 462 g/mol. The highest BCUT2D eigenvalue weighted by Crippen LogP contribution is 2.31. The Labute approximate surface area is 194 Å². The van der Waals surface area contributed by atoms with Gasteiger partial charge in [-0.05, 0) is 19.4 Å². The molecule has 1 aromatic carbocycles. The van der Waals surface area contributed by atoms with E-state index in [9.17, 15) is 14.4 Å². The van der Waals surface area contributed by atoms with E-state index in [4.69, 9.17) is 14.2 Å². The minimum Gasteiger partial charge on any atom is -0.493 e. The third kappa shape index (κ3) is 5.94. The van der Waals surface area contributed by atoms with Gasteiger partial charge in [0, 0.05) is 51.4 Å². The van der Waals surface area contributed by atoms with Crippen LogP contribution in [0.5, 0.6) is 11.5 Å². The highest BCUT2D eigenvalue weighted by Gasteiger charge is 2.37. The maximum atomic E-state index is 13.4. The summed E-state index contributed by atoms with van der Waals surface area (Å²) in [5.41, 5.74) is 0.766. The Morgan fingerprint density at radius 3 is 2.48 bits per heavy atom. The third-order valence-corrected chi connectivity index (χ3v) is 6.04. The fourth-order valence-electron chi connectivity index (χ4n) is 4.17. The molecule has 33 heavy (non-hydrogen) atoms. The lowest BCUT2D eigenvalue weighted by molar-refractivity contribution is -0.153. The summed E-state index contributed by atoms with van der Waals surface area (Å²) < 4.78 is 16.3. The highest BCUT2D eigenvalue weighted by molar-refractivity contribution is 6.38. The lowest BCUT2D eigenvalue weighted by Gasteiger charge is -2.35. The van der Waals surface area contributed by atoms with Crippen molar-refractivity contribution >= 4 is 17.8 Å². The second kappa shape index (κ2) is 11.9. The summed E-state index contributed by atoms with van der Waals surface area (Å²) in [4.78, 5) is 44.9. The number of hydrogen-bond acceptors (Lipinski definition) is 7. The number of nitrogens with zero attached hydrogens (tertiary/aromatic N) is 4. The minimum atomic E-state index is -0.774. The number of morpholine rings is 1. The summed E-state index contributed by atoms with van der Waals surface area (Å²) in [6.07, 6.45) is 0.731. The van der Waals surface area contributed by atoms with Crippen molar-refractivity contribution in [1.82, 2.24) is 19.6 Å². The summed E-state index contributed by atoms with van der Waals surface area (Å²) in [5.74, 6) is -0.295. The van der Waals surface area contributed by atoms with Crippen LogP contribution >= 0.6 is 0 Å². The number of para-hydroxylation sites is 1. The Balaban J connectivity index is 1.77. The standard InChI is InChI=1S/C23H34N4O6/c1-4-25-11-12-27(22(29)21(25)28)23(30)26(10-6-9-24-13-15-33-16-14-24)17-18-7-5-8-19(31-2)20(18)32-3/h5,7-8H,4,6,9-17H2,1-3H3. The van der Waals surface area contributed by atoms with E-state index in [2.05, 4.69) is 4.90 Å². The van der Waals surface area contributed by atoms with Crippen LogP contribution in [-0.2, 0) is 20.9 Å². The quantitative estimate of drug-likeness (QED) is 0.507. The maximum absolute atomic E-state index is 13.4. The fourth-order valence-corrected chi connectivity index (χ4v) is 4.17. The number of likely N-dealkylation sites (N-methyl/N-ethyl adjacent to an activating group) is 1. The second-order valence-corrected chi connectivity index (χ2v) is 8.01. The molecule has 10 heteroatoms. The second-order valence-electron chi connectivity index (χ2n) is 8.01. The molecule has 0 unspecified atom stereocenters. The Hall–Kier alpha value is -2.85. The van der Waals surface area contributed by atoms with E-state index in [1.54, 1.807) is 25.2 Å². The predicted molar refractivity (Wildman–Crippen MR) is 121 cm³/mol. The molecule has 182 valence electrons. The van der Waals surface area contributed by atoms with Crippen molar-refractivity contribution in [1.29, 1.82) is 0 Å². The summed E-state index contributed by atoms with van der Waals surface area (Å²) in [5, 5.41) is 0. The van der Waals surface area contributed by atoms with Crippen LogP contribution in [0.4, 0.5) is 4.79 Å². The van der Waals surface area contributed by atoms with Crippen molar-refractivity contribution in [3.05, 3.63) is 23.8 Å². The van der Waals surface area contributed by atoms with Crippen molar-refractivity contribution < 1.29 is 28.6 Å². The number of carbonyl (C=O) groups is 3. The summed E-state index contributed by atoms with van der Waals surface area (Å²) in [6.45, 7) is 7.43. The van der Waals surface area contributed by atoms with E-state index >= 15 is 0 Å². The topological polar surface area (TPSA) is 91.9 Å². The zero-order valence-electron chi connectivity index (χ0n) is 19.7. The number of rotatable bonds is 9. The number of benzene rings is 1. The van der Waals surface area contributed by atoms with Crippen molar-refractivity contribution in [2.75, 3.05) is 73.2 Å². The van der Waals surface area contributed by atoms with Gasteiger partial charge in [0.25, 0.3) is 0 Å². The largest absolute Gasteiger partial charge is 0.493 e. The molecule has 0 spiro atoms. The van der Waals surface area contributed by atoms with E-state index in [1.165, 1.54) is 4.90 Å². The Bertz CT molecular complexity index is 842. The van der Waals surface area contributed by atoms with Gasteiger partial charge in [-0.2, -0.15) is 0 Å². The van der Waals surface area contributed by atoms with E-state index in [0.717, 1.165) is 36.5 Å². The molecule has 1 aromatic rings. The molecule has 0 atom stereocenters. The number of methoxy groups -OCH3 is 2. The van der Waals surface area contributed by atoms with Gasteiger partial charge in [-0.25, -0.2) is 4.79 Å². The zero-order valence-corrected chi connectivity index (χ0v) is 19.7. The molecular formula is C23H34N4O6. The van der Waals surface area contributed by atoms with Gasteiger partial charge in [-0.1, -0.05) is 12.1 Å². The normalized spacial score (nSPS) is 17.3. The minimum absolute atomic E-state index is 0.187. The predicted octanol–water partition coefficient (Wildman–Crippen LogP) is 1.04. The molecule has 0 bridgehead atoms. The Morgan fingerprint density at radius 2 is 1.82 bits per heavy atom. The number of urea groups is 1. The molecule has 2 saturated heterocycles. The van der Waals surface area contributed by atoms with Crippen molar-refractivity contribution in [2.45, 2.75) is 19.9 Å². The first-order chi connectivity index (χ1) is 16.0. The number of piperazine rings is 1. The SMILES string of the molecule is CCN1CCN(C(=O)N(CCCN2CCOCC2)Cc2cccc(OC)c2OC)C(=O)C1=O. The first-order valence-electron chi connectivity index (χ1n) is 11.4. The molecule has 2 fully saturated rings. The highest BCUT2D eigenvalue weighted by atomic mass is 16.5. The Morgan fingerprint density at radius 1 is 1.06 bits per heavy atom. The van der Waals surface area contributed by atoms with E-state index in [1.807, 2.05) is 19.1 Å². The zero-order chi connectivity index (χ0) is 23.8. The molecule has 0 saturated carbocycles. The van der Waals surface area contributed by atoms with Crippen molar-refractivity contribution in [3.8, 4) is 11.5 Å². The van der Waals surface area contributed by atoms with Crippen LogP contribution in [0.2, 0.25) is 0 Å². The maximum Gasteiger partial charge on any atom is 0.327 e. The number of carbonyl (C=O) groups excluding carboxylic acids is 3. The van der Waals surface area contributed by atoms with Crippen LogP contribution in [0.3, 0.4) is 0 Å². The van der Waals surface area contributed by atoms with Crippen LogP contribution in [0.15, 0.2) is 18.2 Å². The van der Waals surface area contributed by atoms with Gasteiger partial charge < -0.3 is 24.0 Å². The van der Waals surface area contributed by atoms with E-state index in [0.29, 0.717) is 44.3 Å². The van der Waals surface area contributed by atoms with Gasteiger partial charge in [0.2, 0.25) is 0 Å². The molecule has 3 rings (SSSR count). The molecule has 2 aliphatic rings. The smallest absolute Gasteiger partial charge is 0.327 e. The molecule has 0 aromatic heterocycles. The molecule has 0 radical (unpaired) electrons. The van der Waals surface area contributed by atoms with Crippen LogP contribution in [0.1, 0.15) is 18.9 Å². The Kier molecular flexibility index (Phi) is 8.90. The van der Waals surface area contributed by atoms with Crippen LogP contribution in [0, 0.1) is 0 Å². The molecule has 0 aliphatic carbocycles. The average molecular weight is 463 g/mol. The van der Waals surface area contributed by atoms with Gasteiger partial charge in [0.15, 0.2) is 11.5 Å².